The zero-order valence-electron chi connectivity index (χ0n) is 16.9. The second kappa shape index (κ2) is 9.85. The number of hydrogen-bond acceptors (Lipinski definition) is 4. The average Bonchev–Trinajstić information content (AvgIpc) is 2.74. The summed E-state index contributed by atoms with van der Waals surface area (Å²) in [5.74, 6) is -0.215. The second-order valence-corrected chi connectivity index (χ2v) is 10.2. The number of carbonyl (C=O) groups excluding carboxylic acids is 1. The minimum atomic E-state index is -3.22. The van der Waals surface area contributed by atoms with Crippen LogP contribution >= 0.6 is 0 Å². The van der Waals surface area contributed by atoms with E-state index in [-0.39, 0.29) is 17.6 Å². The lowest BCUT2D eigenvalue weighted by molar-refractivity contribution is -0.126. The monoisotopic (exact) mass is 407 g/mol. The van der Waals surface area contributed by atoms with E-state index in [1.54, 1.807) is 6.92 Å². The van der Waals surface area contributed by atoms with Crippen LogP contribution in [0.25, 0.3) is 0 Å². The molecule has 7 heteroatoms. The smallest absolute Gasteiger partial charge is 0.224 e. The van der Waals surface area contributed by atoms with Crippen molar-refractivity contribution >= 4 is 15.9 Å². The minimum absolute atomic E-state index is 0.0478. The van der Waals surface area contributed by atoms with Crippen LogP contribution in [0.5, 0.6) is 0 Å². The lowest BCUT2D eigenvalue weighted by Crippen LogP contribution is -2.45. The van der Waals surface area contributed by atoms with E-state index in [9.17, 15) is 13.2 Å². The molecule has 0 aromatic heterocycles. The van der Waals surface area contributed by atoms with E-state index in [1.165, 1.54) is 42.2 Å². The van der Waals surface area contributed by atoms with Gasteiger partial charge in [-0.15, -0.1) is 0 Å². The number of nitrogens with one attached hydrogen (secondary N) is 1. The Morgan fingerprint density at radius 3 is 2.39 bits per heavy atom. The molecule has 2 saturated heterocycles. The van der Waals surface area contributed by atoms with Crippen molar-refractivity contribution in [3.05, 3.63) is 35.4 Å². The number of hydrogen-bond donors (Lipinski definition) is 1. The van der Waals surface area contributed by atoms with E-state index in [0.29, 0.717) is 19.6 Å². The van der Waals surface area contributed by atoms with Gasteiger partial charge in [-0.1, -0.05) is 30.7 Å². The first kappa shape index (κ1) is 21.3. The van der Waals surface area contributed by atoms with Gasteiger partial charge >= 0.3 is 0 Å². The van der Waals surface area contributed by atoms with E-state index in [4.69, 9.17) is 0 Å². The van der Waals surface area contributed by atoms with Crippen LogP contribution in [-0.2, 0) is 27.9 Å². The number of likely N-dealkylation sites (tertiary alicyclic amines) is 1. The Balaban J connectivity index is 1.47. The number of nitrogens with zero attached hydrogens (tertiary/aromatic N) is 2. The molecule has 1 amide bonds. The number of rotatable bonds is 7. The Kier molecular flexibility index (Phi) is 7.48. The molecular formula is C21H33N3O3S. The van der Waals surface area contributed by atoms with Gasteiger partial charge in [0.2, 0.25) is 15.9 Å². The number of piperidine rings is 2. The van der Waals surface area contributed by atoms with Gasteiger partial charge in [0.1, 0.15) is 0 Å². The highest BCUT2D eigenvalue weighted by Gasteiger charge is 2.31. The van der Waals surface area contributed by atoms with Crippen LogP contribution in [0.1, 0.15) is 50.2 Å². The molecule has 3 rings (SSSR count). The van der Waals surface area contributed by atoms with Crippen molar-refractivity contribution in [3.63, 3.8) is 0 Å². The molecule has 156 valence electrons. The number of carbonyl (C=O) groups is 1. The van der Waals surface area contributed by atoms with Crippen molar-refractivity contribution in [2.45, 2.75) is 52.1 Å². The van der Waals surface area contributed by atoms with Crippen molar-refractivity contribution in [3.8, 4) is 0 Å². The average molecular weight is 408 g/mol. The zero-order chi connectivity index (χ0) is 20.0. The lowest BCUT2D eigenvalue weighted by Gasteiger charge is -2.30. The largest absolute Gasteiger partial charge is 0.352 e. The van der Waals surface area contributed by atoms with E-state index in [2.05, 4.69) is 34.5 Å². The number of amides is 1. The van der Waals surface area contributed by atoms with Gasteiger partial charge in [-0.25, -0.2) is 12.7 Å². The summed E-state index contributed by atoms with van der Waals surface area (Å²) in [6.45, 7) is 6.33. The molecular weight excluding hydrogens is 374 g/mol. The quantitative estimate of drug-likeness (QED) is 0.753. The molecule has 1 N–H and O–H groups in total. The SMILES string of the molecule is CCS(=O)(=O)N1CCCC(C(=O)NCc2ccc(CN3CCCCC3)cc2)C1. The summed E-state index contributed by atoms with van der Waals surface area (Å²) in [5.41, 5.74) is 2.38. The van der Waals surface area contributed by atoms with E-state index >= 15 is 0 Å². The van der Waals surface area contributed by atoms with Crippen LogP contribution in [0.15, 0.2) is 24.3 Å². The molecule has 0 bridgehead atoms. The maximum Gasteiger partial charge on any atom is 0.224 e. The molecule has 0 aliphatic carbocycles. The number of sulfonamides is 1. The molecule has 2 aliphatic heterocycles. The summed E-state index contributed by atoms with van der Waals surface area (Å²) in [4.78, 5) is 15.0. The van der Waals surface area contributed by atoms with E-state index in [1.807, 2.05) is 0 Å². The Morgan fingerprint density at radius 2 is 1.71 bits per heavy atom. The van der Waals surface area contributed by atoms with E-state index < -0.39 is 10.0 Å². The molecule has 1 unspecified atom stereocenters. The first-order valence-corrected chi connectivity index (χ1v) is 12.1. The Hall–Kier alpha value is -1.44. The van der Waals surface area contributed by atoms with E-state index in [0.717, 1.165) is 24.9 Å². The van der Waals surface area contributed by atoms with Crippen LogP contribution in [0, 0.1) is 5.92 Å². The Labute approximate surface area is 169 Å². The van der Waals surface area contributed by atoms with Gasteiger partial charge < -0.3 is 5.32 Å². The normalized spacial score (nSPS) is 22.1. The van der Waals surface area contributed by atoms with Crippen LogP contribution < -0.4 is 5.32 Å². The Morgan fingerprint density at radius 1 is 1.04 bits per heavy atom. The Bertz CT molecular complexity index is 743. The molecule has 2 fully saturated rings. The molecule has 1 atom stereocenters. The fourth-order valence-corrected chi connectivity index (χ4v) is 5.24. The fourth-order valence-electron chi connectivity index (χ4n) is 4.06. The van der Waals surface area contributed by atoms with Gasteiger partial charge in [0.05, 0.1) is 11.7 Å². The molecule has 6 nitrogen and oxygen atoms in total. The summed E-state index contributed by atoms with van der Waals surface area (Å²) >= 11 is 0. The third kappa shape index (κ3) is 5.78. The van der Waals surface area contributed by atoms with Gasteiger partial charge in [0, 0.05) is 26.2 Å². The van der Waals surface area contributed by atoms with Gasteiger partial charge in [-0.2, -0.15) is 0 Å². The van der Waals surface area contributed by atoms with Gasteiger partial charge in [0.15, 0.2) is 0 Å². The predicted molar refractivity (Wildman–Crippen MR) is 111 cm³/mol. The number of benzene rings is 1. The van der Waals surface area contributed by atoms with Crippen LogP contribution in [-0.4, -0.2) is 55.5 Å². The highest BCUT2D eigenvalue weighted by atomic mass is 32.2. The third-order valence-corrected chi connectivity index (χ3v) is 7.71. The van der Waals surface area contributed by atoms with Gasteiger partial charge in [-0.05, 0) is 56.8 Å². The topological polar surface area (TPSA) is 69.7 Å². The maximum atomic E-state index is 12.5. The summed E-state index contributed by atoms with van der Waals surface area (Å²) in [7, 11) is -3.22. The summed E-state index contributed by atoms with van der Waals surface area (Å²) in [6.07, 6.45) is 5.42. The maximum absolute atomic E-state index is 12.5. The molecule has 1 aromatic rings. The molecule has 0 spiro atoms. The summed E-state index contributed by atoms with van der Waals surface area (Å²) in [6, 6.07) is 8.45. The van der Waals surface area contributed by atoms with Crippen molar-refractivity contribution < 1.29 is 13.2 Å². The standard InChI is InChI=1S/C21H33N3O3S/c1-2-28(26,27)24-14-6-7-20(17-24)21(25)22-15-18-8-10-19(11-9-18)16-23-12-4-3-5-13-23/h8-11,20H,2-7,12-17H2,1H3,(H,22,25). The van der Waals surface area contributed by atoms with Crippen LogP contribution in [0.4, 0.5) is 0 Å². The van der Waals surface area contributed by atoms with Gasteiger partial charge in [0.25, 0.3) is 0 Å². The first-order chi connectivity index (χ1) is 13.5. The third-order valence-electron chi connectivity index (χ3n) is 5.86. The predicted octanol–water partition coefficient (Wildman–Crippen LogP) is 2.35. The fraction of sp³-hybridized carbons (Fsp3) is 0.667. The minimum Gasteiger partial charge on any atom is -0.352 e. The van der Waals surface area contributed by atoms with Gasteiger partial charge in [-0.3, -0.25) is 9.69 Å². The summed E-state index contributed by atoms with van der Waals surface area (Å²) < 4.78 is 25.6. The molecule has 28 heavy (non-hydrogen) atoms. The molecule has 0 saturated carbocycles. The highest BCUT2D eigenvalue weighted by molar-refractivity contribution is 7.89. The molecule has 2 aliphatic rings. The van der Waals surface area contributed by atoms with Crippen LogP contribution in [0.3, 0.4) is 0 Å². The molecule has 0 radical (unpaired) electrons. The summed E-state index contributed by atoms with van der Waals surface area (Å²) in [5, 5.41) is 2.99. The zero-order valence-corrected chi connectivity index (χ0v) is 17.7. The first-order valence-electron chi connectivity index (χ1n) is 10.5. The highest BCUT2D eigenvalue weighted by Crippen LogP contribution is 2.20. The molecule has 2 heterocycles. The lowest BCUT2D eigenvalue weighted by atomic mass is 9.98. The van der Waals surface area contributed by atoms with Crippen LogP contribution in [0.2, 0.25) is 0 Å². The second-order valence-electron chi connectivity index (χ2n) is 7.97. The van der Waals surface area contributed by atoms with Crippen molar-refractivity contribution in [2.24, 2.45) is 5.92 Å². The van der Waals surface area contributed by atoms with Crippen molar-refractivity contribution in [2.75, 3.05) is 31.9 Å². The molecule has 1 aromatic carbocycles. The van der Waals surface area contributed by atoms with Crippen molar-refractivity contribution in [1.29, 1.82) is 0 Å². The van der Waals surface area contributed by atoms with Crippen molar-refractivity contribution in [1.82, 2.24) is 14.5 Å².